The third-order valence-electron chi connectivity index (χ3n) is 4.05. The Labute approximate surface area is 119 Å². The van der Waals surface area contributed by atoms with Crippen molar-refractivity contribution in [3.05, 3.63) is 29.8 Å². The minimum atomic E-state index is -0.339. The number of nitrogens with zero attached hydrogens (tertiary/aromatic N) is 2. The Morgan fingerprint density at radius 1 is 1.25 bits per heavy atom. The van der Waals surface area contributed by atoms with Gasteiger partial charge >= 0.3 is 0 Å². The normalized spacial score (nSPS) is 22.4. The van der Waals surface area contributed by atoms with Gasteiger partial charge in [-0.05, 0) is 11.6 Å². The average molecular weight is 275 g/mol. The van der Waals surface area contributed by atoms with Gasteiger partial charge in [-0.1, -0.05) is 18.2 Å². The summed E-state index contributed by atoms with van der Waals surface area (Å²) in [5.41, 5.74) is 6.69. The van der Waals surface area contributed by atoms with Crippen molar-refractivity contribution in [3.63, 3.8) is 0 Å². The summed E-state index contributed by atoms with van der Waals surface area (Å²) in [6.07, 6.45) is 0.353. The molecule has 0 saturated carbocycles. The molecule has 0 bridgehead atoms. The molecule has 2 aliphatic rings. The lowest BCUT2D eigenvalue weighted by molar-refractivity contribution is -0.139. The number of fused-ring (bicyclic) bond motifs is 1. The van der Waals surface area contributed by atoms with Crippen LogP contribution in [0.2, 0.25) is 0 Å². The van der Waals surface area contributed by atoms with E-state index in [-0.39, 0.29) is 12.0 Å². The van der Waals surface area contributed by atoms with E-state index in [1.807, 2.05) is 29.2 Å². The standard InChI is InChI=1S/C15H21N3O2/c16-5-6-17-7-9-18(10-8-17)15(19)14-11-12-3-1-2-4-13(12)20-14/h1-4,14H,5-11,16H2. The van der Waals surface area contributed by atoms with Crippen molar-refractivity contribution in [2.75, 3.05) is 39.3 Å². The number of benzene rings is 1. The molecule has 1 atom stereocenters. The molecule has 1 unspecified atom stereocenters. The van der Waals surface area contributed by atoms with E-state index in [1.165, 1.54) is 0 Å². The van der Waals surface area contributed by atoms with Gasteiger partial charge in [-0.15, -0.1) is 0 Å². The Balaban J connectivity index is 1.56. The van der Waals surface area contributed by atoms with Gasteiger partial charge in [0.05, 0.1) is 0 Å². The van der Waals surface area contributed by atoms with E-state index in [0.717, 1.165) is 44.0 Å². The second kappa shape index (κ2) is 5.81. The fourth-order valence-corrected chi connectivity index (χ4v) is 2.90. The molecule has 0 aromatic heterocycles. The Bertz CT molecular complexity index is 459. The number of nitrogens with two attached hydrogens (primary N) is 1. The molecule has 2 aliphatic heterocycles. The van der Waals surface area contributed by atoms with E-state index in [9.17, 15) is 4.79 Å². The van der Waals surface area contributed by atoms with Crippen molar-refractivity contribution in [2.45, 2.75) is 12.5 Å². The predicted molar refractivity (Wildman–Crippen MR) is 76.6 cm³/mol. The van der Waals surface area contributed by atoms with Crippen LogP contribution in [0.1, 0.15) is 5.56 Å². The van der Waals surface area contributed by atoms with Crippen LogP contribution in [-0.2, 0) is 11.2 Å². The van der Waals surface area contributed by atoms with Gasteiger partial charge in [0, 0.05) is 45.7 Å². The van der Waals surface area contributed by atoms with E-state index < -0.39 is 0 Å². The fourth-order valence-electron chi connectivity index (χ4n) is 2.90. The van der Waals surface area contributed by atoms with Crippen molar-refractivity contribution >= 4 is 5.91 Å². The van der Waals surface area contributed by atoms with Gasteiger partial charge in [0.1, 0.15) is 5.75 Å². The molecule has 1 fully saturated rings. The van der Waals surface area contributed by atoms with E-state index in [0.29, 0.717) is 13.0 Å². The molecule has 1 saturated heterocycles. The third kappa shape index (κ3) is 2.64. The first-order chi connectivity index (χ1) is 9.78. The quantitative estimate of drug-likeness (QED) is 0.849. The molecule has 1 aromatic rings. The Kier molecular flexibility index (Phi) is 3.89. The summed E-state index contributed by atoms with van der Waals surface area (Å²) in [6.45, 7) is 4.94. The molecule has 0 aliphatic carbocycles. The largest absolute Gasteiger partial charge is 0.480 e. The lowest BCUT2D eigenvalue weighted by atomic mass is 10.1. The van der Waals surface area contributed by atoms with Gasteiger partial charge in [0.15, 0.2) is 6.10 Å². The molecule has 3 rings (SSSR count). The van der Waals surface area contributed by atoms with Gasteiger partial charge in [0.2, 0.25) is 0 Å². The highest BCUT2D eigenvalue weighted by Gasteiger charge is 2.33. The number of para-hydroxylation sites is 1. The number of amides is 1. The van der Waals surface area contributed by atoms with E-state index in [1.54, 1.807) is 0 Å². The van der Waals surface area contributed by atoms with Crippen LogP contribution in [0.3, 0.4) is 0 Å². The zero-order valence-corrected chi connectivity index (χ0v) is 11.6. The zero-order valence-electron chi connectivity index (χ0n) is 11.6. The average Bonchev–Trinajstić information content (AvgIpc) is 2.91. The number of ether oxygens (including phenoxy) is 1. The summed E-state index contributed by atoms with van der Waals surface area (Å²) in [7, 11) is 0. The summed E-state index contributed by atoms with van der Waals surface area (Å²) in [4.78, 5) is 16.7. The number of piperazine rings is 1. The zero-order chi connectivity index (χ0) is 13.9. The molecule has 20 heavy (non-hydrogen) atoms. The smallest absolute Gasteiger partial charge is 0.264 e. The molecule has 5 nitrogen and oxygen atoms in total. The van der Waals surface area contributed by atoms with Gasteiger partial charge < -0.3 is 15.4 Å². The molecule has 2 N–H and O–H groups in total. The molecule has 108 valence electrons. The highest BCUT2D eigenvalue weighted by Crippen LogP contribution is 2.29. The third-order valence-corrected chi connectivity index (χ3v) is 4.05. The minimum Gasteiger partial charge on any atom is -0.480 e. The van der Waals surface area contributed by atoms with Crippen LogP contribution in [0.15, 0.2) is 24.3 Å². The van der Waals surface area contributed by atoms with Gasteiger partial charge in [-0.2, -0.15) is 0 Å². The van der Waals surface area contributed by atoms with Crippen LogP contribution in [0.4, 0.5) is 0 Å². The van der Waals surface area contributed by atoms with Crippen LogP contribution in [0.25, 0.3) is 0 Å². The second-order valence-electron chi connectivity index (χ2n) is 5.37. The topological polar surface area (TPSA) is 58.8 Å². The number of carbonyl (C=O) groups is 1. The summed E-state index contributed by atoms with van der Waals surface area (Å²) < 4.78 is 5.77. The molecule has 1 amide bonds. The number of hydrogen-bond acceptors (Lipinski definition) is 4. The van der Waals surface area contributed by atoms with Crippen LogP contribution >= 0.6 is 0 Å². The van der Waals surface area contributed by atoms with Crippen molar-refractivity contribution < 1.29 is 9.53 Å². The summed E-state index contributed by atoms with van der Waals surface area (Å²) in [5.74, 6) is 0.973. The lowest BCUT2D eigenvalue weighted by Gasteiger charge is -2.35. The van der Waals surface area contributed by atoms with Crippen molar-refractivity contribution in [3.8, 4) is 5.75 Å². The van der Waals surface area contributed by atoms with Crippen molar-refractivity contribution in [1.82, 2.24) is 9.80 Å². The van der Waals surface area contributed by atoms with Crippen molar-refractivity contribution in [2.24, 2.45) is 5.73 Å². The molecular weight excluding hydrogens is 254 g/mol. The molecule has 2 heterocycles. The monoisotopic (exact) mass is 275 g/mol. The molecule has 0 radical (unpaired) electrons. The Hall–Kier alpha value is -1.59. The minimum absolute atomic E-state index is 0.119. The maximum atomic E-state index is 12.5. The van der Waals surface area contributed by atoms with E-state index >= 15 is 0 Å². The maximum absolute atomic E-state index is 12.5. The molecule has 0 spiro atoms. The van der Waals surface area contributed by atoms with E-state index in [2.05, 4.69) is 4.90 Å². The first-order valence-corrected chi connectivity index (χ1v) is 7.23. The SMILES string of the molecule is NCCN1CCN(C(=O)C2Cc3ccccc3O2)CC1. The highest BCUT2D eigenvalue weighted by molar-refractivity contribution is 5.82. The van der Waals surface area contributed by atoms with Crippen molar-refractivity contribution in [1.29, 1.82) is 0 Å². The lowest BCUT2D eigenvalue weighted by Crippen LogP contribution is -2.52. The molecule has 5 heteroatoms. The Morgan fingerprint density at radius 2 is 2.00 bits per heavy atom. The van der Waals surface area contributed by atoms with Crippen LogP contribution < -0.4 is 10.5 Å². The number of carbonyl (C=O) groups excluding carboxylic acids is 1. The van der Waals surface area contributed by atoms with Crippen LogP contribution in [0.5, 0.6) is 5.75 Å². The van der Waals surface area contributed by atoms with Crippen LogP contribution in [-0.4, -0.2) is 61.1 Å². The Morgan fingerprint density at radius 3 is 2.70 bits per heavy atom. The summed E-state index contributed by atoms with van der Waals surface area (Å²) in [6, 6.07) is 7.89. The van der Waals surface area contributed by atoms with Crippen LogP contribution in [0, 0.1) is 0 Å². The fraction of sp³-hybridized carbons (Fsp3) is 0.533. The summed E-state index contributed by atoms with van der Waals surface area (Å²) in [5, 5.41) is 0. The predicted octanol–water partition coefficient (Wildman–Crippen LogP) is 0.0930. The second-order valence-corrected chi connectivity index (χ2v) is 5.37. The molecular formula is C15H21N3O2. The molecule has 1 aromatic carbocycles. The summed E-state index contributed by atoms with van der Waals surface area (Å²) >= 11 is 0. The first-order valence-electron chi connectivity index (χ1n) is 7.23. The van der Waals surface area contributed by atoms with Gasteiger partial charge in [-0.25, -0.2) is 0 Å². The number of hydrogen-bond donors (Lipinski definition) is 1. The first kappa shape index (κ1) is 13.4. The van der Waals surface area contributed by atoms with Gasteiger partial charge in [0.25, 0.3) is 5.91 Å². The maximum Gasteiger partial charge on any atom is 0.264 e. The highest BCUT2D eigenvalue weighted by atomic mass is 16.5. The number of rotatable bonds is 3. The van der Waals surface area contributed by atoms with Gasteiger partial charge in [-0.3, -0.25) is 9.69 Å². The van der Waals surface area contributed by atoms with E-state index in [4.69, 9.17) is 10.5 Å².